The largest absolute Gasteiger partial charge is 0.441 e. The smallest absolute Gasteiger partial charge is 0.239 e. The molecule has 0 unspecified atom stereocenters. The van der Waals surface area contributed by atoms with E-state index in [4.69, 9.17) is 4.42 Å². The van der Waals surface area contributed by atoms with Gasteiger partial charge in [0.15, 0.2) is 21.3 Å². The summed E-state index contributed by atoms with van der Waals surface area (Å²) in [5.41, 5.74) is 2.31. The quantitative estimate of drug-likeness (QED) is 0.679. The topological polar surface area (TPSA) is 89.3 Å². The number of nitrogens with zero attached hydrogens (tertiary/aromatic N) is 1. The van der Waals surface area contributed by atoms with E-state index in [0.29, 0.717) is 28.2 Å². The number of carbonyl (C=O) groups excluding carboxylic acids is 1. The highest BCUT2D eigenvalue weighted by Crippen LogP contribution is 2.20. The van der Waals surface area contributed by atoms with Crippen LogP contribution in [0.5, 0.6) is 0 Å². The standard InChI is InChI=1S/C17H15BrN2O4S/c1-11-19-15-8-14(5-6-16(15)24-11)20-17(21)10-25(22,23)9-12-3-2-4-13(18)7-12/h2-8H,9-10H2,1H3,(H,20,21). The van der Waals surface area contributed by atoms with E-state index in [0.717, 1.165) is 4.47 Å². The number of nitrogens with one attached hydrogen (secondary N) is 1. The minimum atomic E-state index is -3.58. The number of rotatable bonds is 5. The fourth-order valence-corrected chi connectivity index (χ4v) is 4.16. The van der Waals surface area contributed by atoms with Crippen molar-refractivity contribution in [1.29, 1.82) is 0 Å². The van der Waals surface area contributed by atoms with Crippen LogP contribution in [0.15, 0.2) is 51.4 Å². The minimum absolute atomic E-state index is 0.193. The van der Waals surface area contributed by atoms with Crippen LogP contribution in [0.3, 0.4) is 0 Å². The number of benzene rings is 2. The summed E-state index contributed by atoms with van der Waals surface area (Å²) in [6.07, 6.45) is 0. The molecular formula is C17H15BrN2O4S. The molecule has 0 radical (unpaired) electrons. The van der Waals surface area contributed by atoms with Gasteiger partial charge in [-0.25, -0.2) is 13.4 Å². The molecule has 0 atom stereocenters. The summed E-state index contributed by atoms with van der Waals surface area (Å²) in [6.45, 7) is 1.73. The first-order chi connectivity index (χ1) is 11.8. The van der Waals surface area contributed by atoms with Gasteiger partial charge in [-0.2, -0.15) is 0 Å². The van der Waals surface area contributed by atoms with E-state index in [1.54, 1.807) is 43.3 Å². The van der Waals surface area contributed by atoms with Gasteiger partial charge >= 0.3 is 0 Å². The molecule has 3 rings (SSSR count). The molecule has 1 heterocycles. The Morgan fingerprint density at radius 1 is 1.24 bits per heavy atom. The number of aryl methyl sites for hydroxylation is 1. The van der Waals surface area contributed by atoms with E-state index in [1.165, 1.54) is 0 Å². The van der Waals surface area contributed by atoms with Crippen molar-refractivity contribution < 1.29 is 17.6 Å². The first-order valence-electron chi connectivity index (χ1n) is 7.43. The lowest BCUT2D eigenvalue weighted by Crippen LogP contribution is -2.23. The Morgan fingerprint density at radius 2 is 2.04 bits per heavy atom. The van der Waals surface area contributed by atoms with Crippen LogP contribution in [0.25, 0.3) is 11.1 Å². The maximum atomic E-state index is 12.2. The zero-order chi connectivity index (χ0) is 18.0. The van der Waals surface area contributed by atoms with Crippen LogP contribution in [0.2, 0.25) is 0 Å². The molecule has 0 aliphatic carbocycles. The van der Waals surface area contributed by atoms with Crippen LogP contribution in [0.1, 0.15) is 11.5 Å². The van der Waals surface area contributed by atoms with Gasteiger partial charge in [0.05, 0.1) is 5.75 Å². The van der Waals surface area contributed by atoms with Gasteiger partial charge in [-0.3, -0.25) is 4.79 Å². The molecule has 8 heteroatoms. The molecule has 6 nitrogen and oxygen atoms in total. The number of oxazole rings is 1. The van der Waals surface area contributed by atoms with Gasteiger partial charge in [-0.1, -0.05) is 28.1 Å². The number of carbonyl (C=O) groups is 1. The summed E-state index contributed by atoms with van der Waals surface area (Å²) < 4.78 is 30.6. The average Bonchev–Trinajstić information content (AvgIpc) is 2.85. The molecule has 130 valence electrons. The first-order valence-corrected chi connectivity index (χ1v) is 10.0. The second kappa shape index (κ2) is 6.97. The second-order valence-corrected chi connectivity index (χ2v) is 8.61. The summed E-state index contributed by atoms with van der Waals surface area (Å²) in [5, 5.41) is 2.59. The summed E-state index contributed by atoms with van der Waals surface area (Å²) in [6, 6.07) is 12.0. The molecule has 0 aliphatic rings. The Kier molecular flexibility index (Phi) is 4.91. The summed E-state index contributed by atoms with van der Waals surface area (Å²) >= 11 is 3.30. The van der Waals surface area contributed by atoms with E-state index in [1.807, 2.05) is 6.07 Å². The molecule has 0 fully saturated rings. The Labute approximate surface area is 153 Å². The van der Waals surface area contributed by atoms with Crippen LogP contribution >= 0.6 is 15.9 Å². The van der Waals surface area contributed by atoms with Crippen LogP contribution in [-0.4, -0.2) is 25.1 Å². The monoisotopic (exact) mass is 422 g/mol. The highest BCUT2D eigenvalue weighted by molar-refractivity contribution is 9.10. The third-order valence-electron chi connectivity index (χ3n) is 3.40. The molecule has 3 aromatic rings. The molecule has 0 saturated carbocycles. The number of sulfone groups is 1. The highest BCUT2D eigenvalue weighted by Gasteiger charge is 2.18. The van der Waals surface area contributed by atoms with Crippen LogP contribution < -0.4 is 5.32 Å². The number of hydrogen-bond donors (Lipinski definition) is 1. The molecule has 0 saturated heterocycles. The van der Waals surface area contributed by atoms with Gasteiger partial charge < -0.3 is 9.73 Å². The lowest BCUT2D eigenvalue weighted by atomic mass is 10.2. The zero-order valence-corrected chi connectivity index (χ0v) is 15.7. The number of anilines is 1. The minimum Gasteiger partial charge on any atom is -0.441 e. The van der Waals surface area contributed by atoms with Gasteiger partial charge in [0.25, 0.3) is 0 Å². The summed E-state index contributed by atoms with van der Waals surface area (Å²) in [5.74, 6) is -0.846. The van der Waals surface area contributed by atoms with Crippen LogP contribution in [-0.2, 0) is 20.4 Å². The second-order valence-electron chi connectivity index (χ2n) is 5.63. The van der Waals surface area contributed by atoms with E-state index < -0.39 is 21.5 Å². The Morgan fingerprint density at radius 3 is 2.80 bits per heavy atom. The third-order valence-corrected chi connectivity index (χ3v) is 5.37. The Balaban J connectivity index is 1.67. The van der Waals surface area contributed by atoms with Crippen molar-refractivity contribution in [1.82, 2.24) is 4.98 Å². The SMILES string of the molecule is Cc1nc2cc(NC(=O)CS(=O)(=O)Cc3cccc(Br)c3)ccc2o1. The Hall–Kier alpha value is -2.19. The number of aromatic nitrogens is 1. The van der Waals surface area contributed by atoms with Crippen molar-refractivity contribution in [3.05, 3.63) is 58.4 Å². The predicted octanol–water partition coefficient (Wildman–Crippen LogP) is 3.45. The first kappa shape index (κ1) is 17.6. The van der Waals surface area contributed by atoms with Gasteiger partial charge in [0.2, 0.25) is 5.91 Å². The summed E-state index contributed by atoms with van der Waals surface area (Å²) in [4.78, 5) is 16.3. The highest BCUT2D eigenvalue weighted by atomic mass is 79.9. The molecular weight excluding hydrogens is 408 g/mol. The molecule has 2 aromatic carbocycles. The molecule has 1 N–H and O–H groups in total. The molecule has 1 amide bonds. The van der Waals surface area contributed by atoms with Crippen LogP contribution in [0, 0.1) is 6.92 Å². The molecule has 1 aromatic heterocycles. The predicted molar refractivity (Wildman–Crippen MR) is 99.0 cm³/mol. The van der Waals surface area contributed by atoms with E-state index in [9.17, 15) is 13.2 Å². The van der Waals surface area contributed by atoms with Crippen molar-refractivity contribution in [2.24, 2.45) is 0 Å². The molecule has 0 bridgehead atoms. The van der Waals surface area contributed by atoms with Crippen molar-refractivity contribution >= 4 is 48.5 Å². The number of amides is 1. The normalized spacial score (nSPS) is 11.6. The number of fused-ring (bicyclic) bond motifs is 1. The van der Waals surface area contributed by atoms with Gasteiger partial charge in [-0.05, 0) is 35.9 Å². The fraction of sp³-hybridized carbons (Fsp3) is 0.176. The van der Waals surface area contributed by atoms with Crippen molar-refractivity contribution in [3.63, 3.8) is 0 Å². The van der Waals surface area contributed by atoms with Gasteiger partial charge in [0, 0.05) is 17.1 Å². The average molecular weight is 423 g/mol. The Bertz CT molecular complexity index is 1040. The molecule has 25 heavy (non-hydrogen) atoms. The van der Waals surface area contributed by atoms with Crippen LogP contribution in [0.4, 0.5) is 5.69 Å². The van der Waals surface area contributed by atoms with E-state index in [-0.39, 0.29) is 5.75 Å². The summed E-state index contributed by atoms with van der Waals surface area (Å²) in [7, 11) is -3.58. The van der Waals surface area contributed by atoms with Gasteiger partial charge in [-0.15, -0.1) is 0 Å². The number of hydrogen-bond acceptors (Lipinski definition) is 5. The van der Waals surface area contributed by atoms with Gasteiger partial charge in [0.1, 0.15) is 11.3 Å². The maximum absolute atomic E-state index is 12.2. The zero-order valence-electron chi connectivity index (χ0n) is 13.3. The van der Waals surface area contributed by atoms with Crippen molar-refractivity contribution in [2.45, 2.75) is 12.7 Å². The fourth-order valence-electron chi connectivity index (χ4n) is 2.45. The maximum Gasteiger partial charge on any atom is 0.239 e. The van der Waals surface area contributed by atoms with E-state index in [2.05, 4.69) is 26.2 Å². The van der Waals surface area contributed by atoms with E-state index >= 15 is 0 Å². The molecule has 0 aliphatic heterocycles. The van der Waals surface area contributed by atoms with Crippen molar-refractivity contribution in [2.75, 3.05) is 11.1 Å². The lowest BCUT2D eigenvalue weighted by molar-refractivity contribution is -0.113. The lowest BCUT2D eigenvalue weighted by Gasteiger charge is -2.07. The third kappa shape index (κ3) is 4.67. The van der Waals surface area contributed by atoms with Crippen molar-refractivity contribution in [3.8, 4) is 0 Å². The molecule has 0 spiro atoms. The number of halogens is 1.